The number of carbonyl (C=O) groups is 2. The lowest BCUT2D eigenvalue weighted by molar-refractivity contribution is -0.127. The highest BCUT2D eigenvalue weighted by Crippen LogP contribution is 2.31. The number of urea groups is 1. The molecule has 1 aliphatic heterocycles. The molecule has 0 aliphatic carbocycles. The van der Waals surface area contributed by atoms with E-state index in [1.807, 2.05) is 44.2 Å². The fourth-order valence-corrected chi connectivity index (χ4v) is 2.70. The minimum absolute atomic E-state index is 0.137. The van der Waals surface area contributed by atoms with Crippen LogP contribution in [-0.2, 0) is 9.53 Å². The summed E-state index contributed by atoms with van der Waals surface area (Å²) < 4.78 is 4.99. The van der Waals surface area contributed by atoms with Crippen LogP contribution in [0.5, 0.6) is 0 Å². The number of ether oxygens (including phenoxy) is 1. The first-order chi connectivity index (χ1) is 10.1. The monoisotopic (exact) mass is 290 g/mol. The number of benzene rings is 1. The normalized spacial score (nSPS) is 17.0. The Labute approximate surface area is 125 Å². The van der Waals surface area contributed by atoms with Crippen LogP contribution in [0.1, 0.15) is 25.5 Å². The molecule has 1 fully saturated rings. The van der Waals surface area contributed by atoms with Crippen LogP contribution in [-0.4, -0.2) is 48.5 Å². The van der Waals surface area contributed by atoms with Gasteiger partial charge in [0.15, 0.2) is 0 Å². The molecule has 1 saturated heterocycles. The lowest BCUT2D eigenvalue weighted by Gasteiger charge is -2.29. The number of methoxy groups -OCH3 is 1. The molecular formula is C16H22N2O3. The molecule has 0 saturated carbocycles. The summed E-state index contributed by atoms with van der Waals surface area (Å²) in [4.78, 5) is 27.8. The Morgan fingerprint density at radius 3 is 2.43 bits per heavy atom. The smallest absolute Gasteiger partial charge is 0.327 e. The van der Waals surface area contributed by atoms with E-state index in [1.54, 1.807) is 12.0 Å². The van der Waals surface area contributed by atoms with E-state index in [4.69, 9.17) is 4.74 Å². The molecule has 0 bridgehead atoms. The van der Waals surface area contributed by atoms with E-state index in [0.717, 1.165) is 5.56 Å². The highest BCUT2D eigenvalue weighted by molar-refractivity contribution is 6.02. The number of imide groups is 1. The van der Waals surface area contributed by atoms with Crippen molar-refractivity contribution in [3.8, 4) is 0 Å². The van der Waals surface area contributed by atoms with Crippen LogP contribution in [0, 0.1) is 5.92 Å². The molecule has 0 N–H and O–H groups in total. The average Bonchev–Trinajstić information content (AvgIpc) is 2.74. The van der Waals surface area contributed by atoms with Gasteiger partial charge in [-0.25, -0.2) is 4.79 Å². The van der Waals surface area contributed by atoms with Gasteiger partial charge in [-0.05, 0) is 11.5 Å². The summed E-state index contributed by atoms with van der Waals surface area (Å²) in [5.74, 6) is 0.0151. The van der Waals surface area contributed by atoms with Gasteiger partial charge < -0.3 is 9.64 Å². The summed E-state index contributed by atoms with van der Waals surface area (Å²) >= 11 is 0. The molecule has 21 heavy (non-hydrogen) atoms. The van der Waals surface area contributed by atoms with Gasteiger partial charge in [-0.2, -0.15) is 0 Å². The van der Waals surface area contributed by atoms with Crippen molar-refractivity contribution in [3.05, 3.63) is 35.9 Å². The summed E-state index contributed by atoms with van der Waals surface area (Å²) in [6.45, 7) is 5.06. The Morgan fingerprint density at radius 1 is 1.19 bits per heavy atom. The van der Waals surface area contributed by atoms with Gasteiger partial charge in [0.25, 0.3) is 5.91 Å². The summed E-state index contributed by atoms with van der Waals surface area (Å²) in [7, 11) is 1.58. The maximum Gasteiger partial charge on any atom is 0.327 e. The van der Waals surface area contributed by atoms with Crippen molar-refractivity contribution in [2.45, 2.75) is 19.9 Å². The second kappa shape index (κ2) is 6.72. The fraction of sp³-hybridized carbons (Fsp3) is 0.500. The quantitative estimate of drug-likeness (QED) is 0.755. The van der Waals surface area contributed by atoms with Gasteiger partial charge in [-0.3, -0.25) is 9.69 Å². The van der Waals surface area contributed by atoms with E-state index in [0.29, 0.717) is 13.2 Å². The van der Waals surface area contributed by atoms with E-state index in [2.05, 4.69) is 0 Å². The van der Waals surface area contributed by atoms with Gasteiger partial charge >= 0.3 is 6.03 Å². The summed E-state index contributed by atoms with van der Waals surface area (Å²) in [5, 5.41) is 0. The Bertz CT molecular complexity index is 502. The number of nitrogens with zero attached hydrogens (tertiary/aromatic N) is 2. The molecule has 1 aromatic carbocycles. The first-order valence-electron chi connectivity index (χ1n) is 7.21. The molecule has 1 aromatic rings. The maximum atomic E-state index is 12.5. The predicted octanol–water partition coefficient (Wildman–Crippen LogP) is 2.29. The van der Waals surface area contributed by atoms with Crippen molar-refractivity contribution in [1.82, 2.24) is 9.80 Å². The first kappa shape index (κ1) is 15.5. The van der Waals surface area contributed by atoms with E-state index in [9.17, 15) is 9.59 Å². The highest BCUT2D eigenvalue weighted by Gasteiger charge is 2.41. The van der Waals surface area contributed by atoms with Gasteiger partial charge in [-0.15, -0.1) is 0 Å². The average molecular weight is 290 g/mol. The molecule has 0 radical (unpaired) electrons. The summed E-state index contributed by atoms with van der Waals surface area (Å²) in [6, 6.07) is 9.26. The van der Waals surface area contributed by atoms with E-state index in [1.165, 1.54) is 4.90 Å². The molecule has 0 aromatic heterocycles. The zero-order valence-corrected chi connectivity index (χ0v) is 12.8. The summed E-state index contributed by atoms with van der Waals surface area (Å²) in [5.41, 5.74) is 0.989. The minimum atomic E-state index is -0.223. The molecular weight excluding hydrogens is 268 g/mol. The zero-order chi connectivity index (χ0) is 15.4. The van der Waals surface area contributed by atoms with E-state index < -0.39 is 0 Å². The third kappa shape index (κ3) is 3.24. The Morgan fingerprint density at radius 2 is 1.86 bits per heavy atom. The van der Waals surface area contributed by atoms with Gasteiger partial charge in [0.05, 0.1) is 12.6 Å². The van der Waals surface area contributed by atoms with Crippen LogP contribution in [0.2, 0.25) is 0 Å². The van der Waals surface area contributed by atoms with E-state index in [-0.39, 0.29) is 30.4 Å². The van der Waals surface area contributed by atoms with Crippen LogP contribution in [0.4, 0.5) is 4.79 Å². The lowest BCUT2D eigenvalue weighted by Crippen LogP contribution is -2.39. The molecule has 5 nitrogen and oxygen atoms in total. The number of amides is 3. The minimum Gasteiger partial charge on any atom is -0.383 e. The molecule has 2 rings (SSSR count). The number of carbonyl (C=O) groups excluding carboxylic acids is 2. The second-order valence-electron chi connectivity index (χ2n) is 5.56. The third-order valence-corrected chi connectivity index (χ3v) is 3.69. The Kier molecular flexibility index (Phi) is 4.96. The van der Waals surface area contributed by atoms with Gasteiger partial charge in [-0.1, -0.05) is 44.2 Å². The number of rotatable bonds is 6. The van der Waals surface area contributed by atoms with Crippen LogP contribution < -0.4 is 0 Å². The van der Waals surface area contributed by atoms with Gasteiger partial charge in [0.1, 0.15) is 6.54 Å². The van der Waals surface area contributed by atoms with E-state index >= 15 is 0 Å². The van der Waals surface area contributed by atoms with Crippen molar-refractivity contribution < 1.29 is 14.3 Å². The second-order valence-corrected chi connectivity index (χ2v) is 5.56. The highest BCUT2D eigenvalue weighted by atomic mass is 16.5. The van der Waals surface area contributed by atoms with Gasteiger partial charge in [0, 0.05) is 13.7 Å². The topological polar surface area (TPSA) is 49.9 Å². The maximum absolute atomic E-state index is 12.5. The molecule has 5 heteroatoms. The first-order valence-corrected chi connectivity index (χ1v) is 7.21. The number of hydrogen-bond donors (Lipinski definition) is 0. The van der Waals surface area contributed by atoms with Gasteiger partial charge in [0.2, 0.25) is 0 Å². The third-order valence-electron chi connectivity index (χ3n) is 3.69. The molecule has 3 amide bonds. The van der Waals surface area contributed by atoms with Crippen molar-refractivity contribution >= 4 is 11.9 Å². The van der Waals surface area contributed by atoms with Crippen LogP contribution in [0.15, 0.2) is 30.3 Å². The fourth-order valence-electron chi connectivity index (χ4n) is 2.70. The van der Waals surface area contributed by atoms with Crippen LogP contribution in [0.3, 0.4) is 0 Å². The Balaban J connectivity index is 2.25. The molecule has 1 atom stereocenters. The van der Waals surface area contributed by atoms with Crippen molar-refractivity contribution in [3.63, 3.8) is 0 Å². The molecule has 114 valence electrons. The number of hydrogen-bond acceptors (Lipinski definition) is 3. The summed E-state index contributed by atoms with van der Waals surface area (Å²) in [6.07, 6.45) is 0. The predicted molar refractivity (Wildman–Crippen MR) is 79.7 cm³/mol. The molecule has 1 heterocycles. The lowest BCUT2D eigenvalue weighted by atomic mass is 9.94. The van der Waals surface area contributed by atoms with Crippen LogP contribution >= 0.6 is 0 Å². The van der Waals surface area contributed by atoms with Crippen molar-refractivity contribution in [2.75, 3.05) is 26.8 Å². The molecule has 1 aliphatic rings. The molecule has 0 spiro atoms. The van der Waals surface area contributed by atoms with Crippen molar-refractivity contribution in [1.29, 1.82) is 0 Å². The SMILES string of the molecule is COCCN1CC(=O)N([C@@H](c2ccccc2)C(C)C)C1=O. The van der Waals surface area contributed by atoms with Crippen molar-refractivity contribution in [2.24, 2.45) is 5.92 Å². The largest absolute Gasteiger partial charge is 0.383 e. The zero-order valence-electron chi connectivity index (χ0n) is 12.8. The van der Waals surface area contributed by atoms with Crippen LogP contribution in [0.25, 0.3) is 0 Å². The molecule has 0 unspecified atom stereocenters. The standard InChI is InChI=1S/C16H22N2O3/c1-12(2)15(13-7-5-4-6-8-13)18-14(19)11-17(16(18)20)9-10-21-3/h4-8,12,15H,9-11H2,1-3H3/t15-/m1/s1. The Hall–Kier alpha value is -1.88.